The Bertz CT molecular complexity index is 458. The molecule has 2 nitrogen and oxygen atoms in total. The molecule has 1 N–H and O–H groups in total. The van der Waals surface area contributed by atoms with Crippen molar-refractivity contribution in [3.05, 3.63) is 28.8 Å². The van der Waals surface area contributed by atoms with Crippen LogP contribution in [0.5, 0.6) is 0 Å². The molecule has 0 radical (unpaired) electrons. The summed E-state index contributed by atoms with van der Waals surface area (Å²) in [5.74, 6) is 0.913. The van der Waals surface area contributed by atoms with Crippen molar-refractivity contribution in [1.29, 1.82) is 0 Å². The fourth-order valence-corrected chi connectivity index (χ4v) is 4.28. The highest BCUT2D eigenvalue weighted by molar-refractivity contribution is 6.30. The maximum Gasteiger partial charge on any atom is 0.0415 e. The molecule has 1 aliphatic carbocycles. The van der Waals surface area contributed by atoms with Gasteiger partial charge in [-0.1, -0.05) is 24.4 Å². The molecule has 1 aliphatic heterocycles. The van der Waals surface area contributed by atoms with Crippen LogP contribution < -0.4 is 10.2 Å². The van der Waals surface area contributed by atoms with Crippen LogP contribution in [0, 0.1) is 5.92 Å². The van der Waals surface area contributed by atoms with Crippen LogP contribution in [0.2, 0.25) is 5.02 Å². The number of piperidine rings is 1. The van der Waals surface area contributed by atoms with E-state index < -0.39 is 0 Å². The number of fused-ring (bicyclic) bond motifs is 1. The third kappa shape index (κ3) is 2.82. The van der Waals surface area contributed by atoms with Gasteiger partial charge in [-0.15, -0.1) is 0 Å². The van der Waals surface area contributed by atoms with Crippen LogP contribution in [0.15, 0.2) is 18.2 Å². The third-order valence-corrected chi connectivity index (χ3v) is 5.20. The minimum atomic E-state index is 0.759. The van der Waals surface area contributed by atoms with Crippen molar-refractivity contribution in [1.82, 2.24) is 5.32 Å². The van der Waals surface area contributed by atoms with E-state index in [2.05, 4.69) is 22.3 Å². The number of benzene rings is 1. The summed E-state index contributed by atoms with van der Waals surface area (Å²) in [7, 11) is 2.00. The Balaban J connectivity index is 1.90. The normalized spacial score (nSPS) is 26.4. The predicted octanol–water partition coefficient (Wildman–Crippen LogP) is 4.22. The Hall–Kier alpha value is -0.730. The molecular formula is C17H25ClN2. The highest BCUT2D eigenvalue weighted by Crippen LogP contribution is 2.39. The molecule has 0 spiro atoms. The first-order valence-electron chi connectivity index (χ1n) is 7.99. The van der Waals surface area contributed by atoms with Gasteiger partial charge in [-0.05, 0) is 62.4 Å². The molecule has 20 heavy (non-hydrogen) atoms. The van der Waals surface area contributed by atoms with Crippen LogP contribution in [-0.2, 0) is 6.54 Å². The predicted molar refractivity (Wildman–Crippen MR) is 86.5 cm³/mol. The molecular weight excluding hydrogens is 268 g/mol. The lowest BCUT2D eigenvalue weighted by Crippen LogP contribution is -2.47. The van der Waals surface area contributed by atoms with Crippen LogP contribution >= 0.6 is 11.6 Å². The largest absolute Gasteiger partial charge is 0.368 e. The van der Waals surface area contributed by atoms with E-state index in [9.17, 15) is 0 Å². The summed E-state index contributed by atoms with van der Waals surface area (Å²) in [6.45, 7) is 2.10. The second-order valence-electron chi connectivity index (χ2n) is 6.25. The molecule has 1 saturated heterocycles. The molecule has 3 rings (SSSR count). The van der Waals surface area contributed by atoms with Crippen LogP contribution in [0.1, 0.15) is 44.1 Å². The highest BCUT2D eigenvalue weighted by Gasteiger charge is 2.33. The summed E-state index contributed by atoms with van der Waals surface area (Å²) in [6, 6.07) is 7.16. The van der Waals surface area contributed by atoms with Crippen molar-refractivity contribution < 1.29 is 0 Å². The van der Waals surface area contributed by atoms with E-state index in [0.29, 0.717) is 0 Å². The number of hydrogen-bond acceptors (Lipinski definition) is 2. The van der Waals surface area contributed by atoms with Gasteiger partial charge in [0.1, 0.15) is 0 Å². The minimum Gasteiger partial charge on any atom is -0.368 e. The van der Waals surface area contributed by atoms with Crippen molar-refractivity contribution in [2.75, 3.05) is 18.5 Å². The maximum absolute atomic E-state index is 6.18. The summed E-state index contributed by atoms with van der Waals surface area (Å²) in [5.41, 5.74) is 2.74. The topological polar surface area (TPSA) is 15.3 Å². The van der Waals surface area contributed by atoms with Gasteiger partial charge in [0.25, 0.3) is 0 Å². The summed E-state index contributed by atoms with van der Waals surface area (Å²) in [5, 5.41) is 4.12. The van der Waals surface area contributed by atoms with E-state index >= 15 is 0 Å². The Morgan fingerprint density at radius 2 is 2.00 bits per heavy atom. The first-order chi connectivity index (χ1) is 9.79. The van der Waals surface area contributed by atoms with Gasteiger partial charge in [-0.25, -0.2) is 0 Å². The summed E-state index contributed by atoms with van der Waals surface area (Å²) < 4.78 is 0. The molecule has 2 fully saturated rings. The molecule has 1 aromatic rings. The van der Waals surface area contributed by atoms with Gasteiger partial charge in [-0.2, -0.15) is 0 Å². The number of halogens is 1. The second-order valence-corrected chi connectivity index (χ2v) is 6.69. The van der Waals surface area contributed by atoms with E-state index in [1.54, 1.807) is 0 Å². The first-order valence-corrected chi connectivity index (χ1v) is 8.37. The Morgan fingerprint density at radius 1 is 1.20 bits per heavy atom. The zero-order chi connectivity index (χ0) is 13.9. The van der Waals surface area contributed by atoms with E-state index in [1.165, 1.54) is 56.3 Å². The molecule has 2 unspecified atom stereocenters. The fraction of sp³-hybridized carbons (Fsp3) is 0.647. The summed E-state index contributed by atoms with van der Waals surface area (Å²) >= 11 is 6.18. The summed E-state index contributed by atoms with van der Waals surface area (Å²) in [4.78, 5) is 2.68. The molecule has 1 aromatic carbocycles. The number of rotatable bonds is 3. The van der Waals surface area contributed by atoms with Crippen LogP contribution in [0.4, 0.5) is 5.69 Å². The quantitative estimate of drug-likeness (QED) is 0.897. The molecule has 2 atom stereocenters. The number of anilines is 1. The average molecular weight is 293 g/mol. The number of hydrogen-bond donors (Lipinski definition) is 1. The van der Waals surface area contributed by atoms with Gasteiger partial charge in [-0.3, -0.25) is 0 Å². The minimum absolute atomic E-state index is 0.759. The maximum atomic E-state index is 6.18. The zero-order valence-corrected chi connectivity index (χ0v) is 13.1. The molecule has 2 aliphatic rings. The zero-order valence-electron chi connectivity index (χ0n) is 12.4. The standard InChI is InChI=1S/C17H25ClN2/c1-19-12-14-11-15(18)8-9-17(14)20-10-4-6-13-5-2-3-7-16(13)20/h8-9,11,13,16,19H,2-7,10,12H2,1H3. The third-order valence-electron chi connectivity index (χ3n) is 4.96. The Kier molecular flexibility index (Phi) is 4.52. The van der Waals surface area contributed by atoms with E-state index in [-0.39, 0.29) is 0 Å². The van der Waals surface area contributed by atoms with Gasteiger partial charge >= 0.3 is 0 Å². The van der Waals surface area contributed by atoms with Gasteiger partial charge < -0.3 is 10.2 Å². The lowest BCUT2D eigenvalue weighted by atomic mass is 9.78. The smallest absolute Gasteiger partial charge is 0.0415 e. The molecule has 1 saturated carbocycles. The second kappa shape index (κ2) is 6.36. The Morgan fingerprint density at radius 3 is 2.85 bits per heavy atom. The lowest BCUT2D eigenvalue weighted by Gasteiger charge is -2.46. The van der Waals surface area contributed by atoms with Gasteiger partial charge in [0.15, 0.2) is 0 Å². The fourth-order valence-electron chi connectivity index (χ4n) is 4.09. The van der Waals surface area contributed by atoms with Crippen molar-refractivity contribution in [2.24, 2.45) is 5.92 Å². The Labute approximate surface area is 127 Å². The van der Waals surface area contributed by atoms with Crippen LogP contribution in [0.25, 0.3) is 0 Å². The monoisotopic (exact) mass is 292 g/mol. The molecule has 1 heterocycles. The molecule has 0 amide bonds. The van der Waals surface area contributed by atoms with Gasteiger partial charge in [0.2, 0.25) is 0 Å². The van der Waals surface area contributed by atoms with Crippen molar-refractivity contribution >= 4 is 17.3 Å². The summed E-state index contributed by atoms with van der Waals surface area (Å²) in [6.07, 6.45) is 8.38. The van der Waals surface area contributed by atoms with E-state index in [1.807, 2.05) is 13.1 Å². The first kappa shape index (κ1) is 14.2. The van der Waals surface area contributed by atoms with Crippen LogP contribution in [0.3, 0.4) is 0 Å². The lowest BCUT2D eigenvalue weighted by molar-refractivity contribution is 0.243. The van der Waals surface area contributed by atoms with Gasteiger partial charge in [0.05, 0.1) is 0 Å². The number of nitrogens with zero attached hydrogens (tertiary/aromatic N) is 1. The highest BCUT2D eigenvalue weighted by atomic mass is 35.5. The van der Waals surface area contributed by atoms with Crippen molar-refractivity contribution in [2.45, 2.75) is 51.1 Å². The molecule has 3 heteroatoms. The SMILES string of the molecule is CNCc1cc(Cl)ccc1N1CCCC2CCCCC21. The van der Waals surface area contributed by atoms with Crippen molar-refractivity contribution in [3.8, 4) is 0 Å². The van der Waals surface area contributed by atoms with E-state index in [0.717, 1.165) is 23.5 Å². The van der Waals surface area contributed by atoms with Gasteiger partial charge in [0, 0.05) is 29.8 Å². The van der Waals surface area contributed by atoms with Crippen LogP contribution in [-0.4, -0.2) is 19.6 Å². The average Bonchev–Trinajstić information content (AvgIpc) is 2.47. The van der Waals surface area contributed by atoms with E-state index in [4.69, 9.17) is 11.6 Å². The molecule has 110 valence electrons. The molecule has 0 aromatic heterocycles. The van der Waals surface area contributed by atoms with Crippen molar-refractivity contribution in [3.63, 3.8) is 0 Å². The molecule has 0 bridgehead atoms. The number of nitrogens with one attached hydrogen (secondary N) is 1.